The second-order valence-electron chi connectivity index (χ2n) is 3.41. The van der Waals surface area contributed by atoms with Gasteiger partial charge in [-0.15, -0.1) is 5.10 Å². The van der Waals surface area contributed by atoms with Gasteiger partial charge in [-0.25, -0.2) is 0 Å². The third kappa shape index (κ3) is 3.28. The molecule has 0 radical (unpaired) electrons. The summed E-state index contributed by atoms with van der Waals surface area (Å²) < 4.78 is 0. The van der Waals surface area contributed by atoms with Gasteiger partial charge in [-0.1, -0.05) is 40.1 Å². The van der Waals surface area contributed by atoms with Crippen LogP contribution in [0.15, 0.2) is 45.5 Å². The Morgan fingerprint density at radius 2 is 2.11 bits per heavy atom. The molecule has 0 unspecified atom stereocenters. The van der Waals surface area contributed by atoms with E-state index in [1.165, 1.54) is 18.0 Å². The predicted octanol–water partition coefficient (Wildman–Crippen LogP) is 3.03. The zero-order chi connectivity index (χ0) is 13.8. The molecule has 19 heavy (non-hydrogen) atoms. The van der Waals surface area contributed by atoms with E-state index in [1.54, 1.807) is 24.3 Å². The molecule has 0 saturated carbocycles. The van der Waals surface area contributed by atoms with Crippen molar-refractivity contribution in [3.05, 3.63) is 46.1 Å². The lowest BCUT2D eigenvalue weighted by Gasteiger charge is -2.07. The maximum Gasteiger partial charge on any atom is 0.172 e. The number of hydrogen-bond acceptors (Lipinski definition) is 5. The van der Waals surface area contributed by atoms with Gasteiger partial charge in [0.05, 0.1) is 16.8 Å². The summed E-state index contributed by atoms with van der Waals surface area (Å²) in [6, 6.07) is 6.68. The zero-order valence-electron chi connectivity index (χ0n) is 9.42. The van der Waals surface area contributed by atoms with Crippen LogP contribution in [0, 0.1) is 0 Å². The lowest BCUT2D eigenvalue weighted by Crippen LogP contribution is -2.15. The Morgan fingerprint density at radius 1 is 1.32 bits per heavy atom. The third-order valence-electron chi connectivity index (χ3n) is 2.17. The largest absolute Gasteiger partial charge is 0.409 e. The quantitative estimate of drug-likeness (QED) is 0.394. The van der Waals surface area contributed by atoms with Gasteiger partial charge in [-0.3, -0.25) is 0 Å². The first kappa shape index (κ1) is 13.9. The molecule has 0 spiro atoms. The lowest BCUT2D eigenvalue weighted by molar-refractivity contribution is 0.318. The minimum absolute atomic E-state index is 0.0458. The van der Waals surface area contributed by atoms with Crippen molar-refractivity contribution in [1.82, 2.24) is 10.2 Å². The third-order valence-corrected chi connectivity index (χ3v) is 3.90. The van der Waals surface area contributed by atoms with E-state index in [2.05, 4.69) is 15.4 Å². The fourth-order valence-electron chi connectivity index (χ4n) is 1.30. The summed E-state index contributed by atoms with van der Waals surface area (Å²) in [5, 5.41) is 21.0. The standard InChI is InChI=1S/C11H8Cl2N4OS/c12-6-1-2-8(13)9(5-6)19-11-7(10(14)17-18)3-4-15-16-11/h1-5,18H,(H2,14,17). The van der Waals surface area contributed by atoms with Gasteiger partial charge in [0.15, 0.2) is 5.84 Å². The van der Waals surface area contributed by atoms with Gasteiger partial charge in [0.1, 0.15) is 5.03 Å². The monoisotopic (exact) mass is 314 g/mol. The summed E-state index contributed by atoms with van der Waals surface area (Å²) in [4.78, 5) is 0.710. The lowest BCUT2D eigenvalue weighted by atomic mass is 10.3. The molecule has 0 bridgehead atoms. The van der Waals surface area contributed by atoms with Crippen LogP contribution in [0.5, 0.6) is 0 Å². The molecular weight excluding hydrogens is 307 g/mol. The molecule has 3 N–H and O–H groups in total. The summed E-state index contributed by atoms with van der Waals surface area (Å²) in [5.74, 6) is -0.0458. The molecule has 2 aromatic rings. The summed E-state index contributed by atoms with van der Waals surface area (Å²) in [6.07, 6.45) is 1.46. The molecule has 5 nitrogen and oxygen atoms in total. The molecule has 0 aliphatic rings. The number of aromatic nitrogens is 2. The SMILES string of the molecule is N/C(=N/O)c1ccnnc1Sc1cc(Cl)ccc1Cl. The van der Waals surface area contributed by atoms with E-state index in [1.807, 2.05) is 0 Å². The Morgan fingerprint density at radius 3 is 2.84 bits per heavy atom. The Hall–Kier alpha value is -1.50. The van der Waals surface area contributed by atoms with Crippen LogP contribution in [0.4, 0.5) is 0 Å². The van der Waals surface area contributed by atoms with Crippen LogP contribution in [0.25, 0.3) is 0 Å². The summed E-state index contributed by atoms with van der Waals surface area (Å²) >= 11 is 13.2. The Balaban J connectivity index is 2.41. The number of hydrogen-bond donors (Lipinski definition) is 2. The van der Waals surface area contributed by atoms with Crippen LogP contribution in [0.3, 0.4) is 0 Å². The Bertz CT molecular complexity index is 636. The van der Waals surface area contributed by atoms with E-state index in [4.69, 9.17) is 34.1 Å². The van der Waals surface area contributed by atoms with Gasteiger partial charge in [0, 0.05) is 9.92 Å². The molecule has 1 aromatic heterocycles. The number of oxime groups is 1. The maximum absolute atomic E-state index is 8.74. The summed E-state index contributed by atoms with van der Waals surface area (Å²) in [6.45, 7) is 0. The van der Waals surface area contributed by atoms with Crippen LogP contribution in [-0.2, 0) is 0 Å². The van der Waals surface area contributed by atoms with E-state index < -0.39 is 0 Å². The van der Waals surface area contributed by atoms with Crippen molar-refractivity contribution in [2.75, 3.05) is 0 Å². The highest BCUT2D eigenvalue weighted by atomic mass is 35.5. The zero-order valence-corrected chi connectivity index (χ0v) is 11.7. The van der Waals surface area contributed by atoms with Gasteiger partial charge in [0.2, 0.25) is 0 Å². The highest BCUT2D eigenvalue weighted by molar-refractivity contribution is 7.99. The van der Waals surface area contributed by atoms with Crippen molar-refractivity contribution in [2.45, 2.75) is 9.92 Å². The molecule has 0 fully saturated rings. The molecule has 0 amide bonds. The summed E-state index contributed by atoms with van der Waals surface area (Å²) in [7, 11) is 0. The van der Waals surface area contributed by atoms with Crippen molar-refractivity contribution in [1.29, 1.82) is 0 Å². The van der Waals surface area contributed by atoms with Gasteiger partial charge in [0.25, 0.3) is 0 Å². The second kappa shape index (κ2) is 6.10. The fraction of sp³-hybridized carbons (Fsp3) is 0. The number of amidine groups is 1. The highest BCUT2D eigenvalue weighted by Gasteiger charge is 2.12. The number of benzene rings is 1. The molecule has 2 rings (SSSR count). The first-order chi connectivity index (χ1) is 9.11. The van der Waals surface area contributed by atoms with Crippen molar-refractivity contribution in [2.24, 2.45) is 10.9 Å². The average Bonchev–Trinajstić information content (AvgIpc) is 2.42. The minimum atomic E-state index is -0.0458. The molecule has 98 valence electrons. The van der Waals surface area contributed by atoms with Gasteiger partial charge in [-0.2, -0.15) is 5.10 Å². The van der Waals surface area contributed by atoms with Gasteiger partial charge < -0.3 is 10.9 Å². The van der Waals surface area contributed by atoms with E-state index >= 15 is 0 Å². The van der Waals surface area contributed by atoms with Gasteiger partial charge in [-0.05, 0) is 24.3 Å². The molecular formula is C11H8Cl2N4OS. The first-order valence-corrected chi connectivity index (χ1v) is 6.61. The smallest absolute Gasteiger partial charge is 0.172 e. The normalized spacial score (nSPS) is 11.6. The molecule has 0 aliphatic carbocycles. The van der Waals surface area contributed by atoms with Crippen LogP contribution >= 0.6 is 35.0 Å². The number of nitrogens with two attached hydrogens (primary N) is 1. The van der Waals surface area contributed by atoms with E-state index in [0.29, 0.717) is 25.5 Å². The van der Waals surface area contributed by atoms with Crippen LogP contribution in [0.2, 0.25) is 10.0 Å². The van der Waals surface area contributed by atoms with Gasteiger partial charge >= 0.3 is 0 Å². The van der Waals surface area contributed by atoms with E-state index in [-0.39, 0.29) is 5.84 Å². The van der Waals surface area contributed by atoms with Crippen LogP contribution < -0.4 is 5.73 Å². The fourth-order valence-corrected chi connectivity index (χ4v) is 2.70. The highest BCUT2D eigenvalue weighted by Crippen LogP contribution is 2.35. The van der Waals surface area contributed by atoms with E-state index in [9.17, 15) is 0 Å². The topological polar surface area (TPSA) is 84.4 Å². The van der Waals surface area contributed by atoms with E-state index in [0.717, 1.165) is 0 Å². The molecule has 1 aromatic carbocycles. The van der Waals surface area contributed by atoms with Crippen LogP contribution in [-0.4, -0.2) is 21.2 Å². The molecule has 0 atom stereocenters. The Kier molecular flexibility index (Phi) is 4.47. The molecule has 8 heteroatoms. The predicted molar refractivity (Wildman–Crippen MR) is 75.1 cm³/mol. The summed E-state index contributed by atoms with van der Waals surface area (Å²) in [5.41, 5.74) is 6.05. The number of halogens is 2. The molecule has 1 heterocycles. The molecule has 0 aliphatic heterocycles. The maximum atomic E-state index is 8.74. The van der Waals surface area contributed by atoms with Crippen molar-refractivity contribution < 1.29 is 5.21 Å². The number of nitrogens with zero attached hydrogens (tertiary/aromatic N) is 3. The number of rotatable bonds is 3. The van der Waals surface area contributed by atoms with Crippen molar-refractivity contribution in [3.63, 3.8) is 0 Å². The first-order valence-electron chi connectivity index (χ1n) is 5.04. The average molecular weight is 315 g/mol. The van der Waals surface area contributed by atoms with Crippen molar-refractivity contribution >= 4 is 40.8 Å². The van der Waals surface area contributed by atoms with Crippen LogP contribution in [0.1, 0.15) is 5.56 Å². The Labute approximate surface area is 123 Å². The molecule has 0 saturated heterocycles. The second-order valence-corrected chi connectivity index (χ2v) is 5.29. The minimum Gasteiger partial charge on any atom is -0.409 e. The van der Waals surface area contributed by atoms with Crippen molar-refractivity contribution in [3.8, 4) is 0 Å².